The molecule has 2 fully saturated rings. The number of hydrogen-bond acceptors (Lipinski definition) is 6. The molecule has 100 valence electrons. The van der Waals surface area contributed by atoms with E-state index >= 15 is 0 Å². The number of nitrogens with one attached hydrogen (secondary N) is 1. The molecule has 6 heteroatoms. The Balaban J connectivity index is 1.41. The summed E-state index contributed by atoms with van der Waals surface area (Å²) in [4.78, 5) is 6.70. The molecular weight excluding hydrogens is 232 g/mol. The number of aryl methyl sites for hydroxylation is 1. The minimum Gasteiger partial charge on any atom is -0.374 e. The van der Waals surface area contributed by atoms with Gasteiger partial charge in [-0.15, -0.1) is 0 Å². The van der Waals surface area contributed by atoms with Crippen LogP contribution >= 0.6 is 0 Å². The molecule has 0 aliphatic carbocycles. The molecule has 1 aromatic rings. The molecule has 0 bridgehead atoms. The summed E-state index contributed by atoms with van der Waals surface area (Å²) in [7, 11) is 0. The molecule has 0 spiro atoms. The van der Waals surface area contributed by atoms with Gasteiger partial charge in [-0.2, -0.15) is 4.98 Å². The van der Waals surface area contributed by atoms with Crippen LogP contribution in [0.25, 0.3) is 0 Å². The van der Waals surface area contributed by atoms with Crippen LogP contribution in [0.4, 0.5) is 0 Å². The first-order valence-corrected chi connectivity index (χ1v) is 6.67. The number of ether oxygens (including phenoxy) is 1. The highest BCUT2D eigenvalue weighted by molar-refractivity contribution is 4.87. The highest BCUT2D eigenvalue weighted by Crippen LogP contribution is 2.22. The van der Waals surface area contributed by atoms with Gasteiger partial charge in [0.25, 0.3) is 0 Å². The van der Waals surface area contributed by atoms with Gasteiger partial charge in [0, 0.05) is 26.1 Å². The van der Waals surface area contributed by atoms with Crippen molar-refractivity contribution >= 4 is 0 Å². The van der Waals surface area contributed by atoms with E-state index in [0.29, 0.717) is 24.3 Å². The van der Waals surface area contributed by atoms with Gasteiger partial charge in [0.2, 0.25) is 5.89 Å². The third-order valence-electron chi connectivity index (χ3n) is 3.69. The zero-order valence-corrected chi connectivity index (χ0v) is 10.8. The maximum absolute atomic E-state index is 5.87. The standard InChI is InChI=1S/C12H20N4O2/c1-9-14-12(15-18-9)6-13-5-11-7-16-4-2-3-10(16)8-17-11/h10-11,13H,2-8H2,1H3. The largest absolute Gasteiger partial charge is 0.374 e. The van der Waals surface area contributed by atoms with E-state index < -0.39 is 0 Å². The van der Waals surface area contributed by atoms with Crippen molar-refractivity contribution in [3.8, 4) is 0 Å². The van der Waals surface area contributed by atoms with Crippen LogP contribution in [0, 0.1) is 6.92 Å². The summed E-state index contributed by atoms with van der Waals surface area (Å²) in [6, 6.07) is 0.668. The zero-order chi connectivity index (χ0) is 12.4. The van der Waals surface area contributed by atoms with Gasteiger partial charge in [-0.1, -0.05) is 5.16 Å². The van der Waals surface area contributed by atoms with Crippen LogP contribution in [0.5, 0.6) is 0 Å². The van der Waals surface area contributed by atoms with Gasteiger partial charge in [-0.05, 0) is 19.4 Å². The second-order valence-electron chi connectivity index (χ2n) is 5.11. The Kier molecular flexibility index (Phi) is 3.58. The molecule has 0 saturated carbocycles. The van der Waals surface area contributed by atoms with Gasteiger partial charge in [0.1, 0.15) is 0 Å². The van der Waals surface area contributed by atoms with Gasteiger partial charge in [0.05, 0.1) is 19.3 Å². The Labute approximate surface area is 107 Å². The van der Waals surface area contributed by atoms with E-state index in [1.54, 1.807) is 6.92 Å². The molecule has 6 nitrogen and oxygen atoms in total. The number of aromatic nitrogens is 2. The van der Waals surface area contributed by atoms with Gasteiger partial charge < -0.3 is 14.6 Å². The Morgan fingerprint density at radius 3 is 3.28 bits per heavy atom. The smallest absolute Gasteiger partial charge is 0.223 e. The van der Waals surface area contributed by atoms with Crippen molar-refractivity contribution in [1.82, 2.24) is 20.4 Å². The third-order valence-corrected chi connectivity index (χ3v) is 3.69. The second-order valence-corrected chi connectivity index (χ2v) is 5.11. The summed E-state index contributed by atoms with van der Waals surface area (Å²) in [6.45, 7) is 6.44. The lowest BCUT2D eigenvalue weighted by Crippen LogP contribution is -2.49. The van der Waals surface area contributed by atoms with Crippen LogP contribution in [0.1, 0.15) is 24.6 Å². The molecule has 3 heterocycles. The molecule has 1 N–H and O–H groups in total. The summed E-state index contributed by atoms with van der Waals surface area (Å²) < 4.78 is 10.8. The van der Waals surface area contributed by atoms with Crippen LogP contribution in [0.15, 0.2) is 4.52 Å². The van der Waals surface area contributed by atoms with Crippen molar-refractivity contribution in [3.05, 3.63) is 11.7 Å². The molecule has 0 aromatic carbocycles. The first kappa shape index (κ1) is 12.1. The molecule has 3 rings (SSSR count). The predicted octanol–water partition coefficient (Wildman–Crippen LogP) is 0.331. The molecule has 1 aromatic heterocycles. The Morgan fingerprint density at radius 1 is 1.50 bits per heavy atom. The number of nitrogens with zero attached hydrogens (tertiary/aromatic N) is 3. The summed E-state index contributed by atoms with van der Waals surface area (Å²) in [5.41, 5.74) is 0. The van der Waals surface area contributed by atoms with E-state index in [0.717, 1.165) is 19.7 Å². The number of rotatable bonds is 4. The fraction of sp³-hybridized carbons (Fsp3) is 0.833. The molecule has 2 saturated heterocycles. The molecule has 2 atom stereocenters. The summed E-state index contributed by atoms with van der Waals surface area (Å²) in [5.74, 6) is 1.32. The lowest BCUT2D eigenvalue weighted by Gasteiger charge is -2.35. The van der Waals surface area contributed by atoms with Crippen LogP contribution < -0.4 is 5.32 Å². The molecule has 0 radical (unpaired) electrons. The lowest BCUT2D eigenvalue weighted by molar-refractivity contribution is -0.0471. The van der Waals surface area contributed by atoms with E-state index in [9.17, 15) is 0 Å². The van der Waals surface area contributed by atoms with Crippen LogP contribution in [0.3, 0.4) is 0 Å². The minimum absolute atomic E-state index is 0.285. The van der Waals surface area contributed by atoms with E-state index in [2.05, 4.69) is 20.4 Å². The zero-order valence-electron chi connectivity index (χ0n) is 10.8. The molecule has 2 aliphatic heterocycles. The van der Waals surface area contributed by atoms with Crippen LogP contribution in [-0.4, -0.2) is 53.4 Å². The molecule has 18 heavy (non-hydrogen) atoms. The molecule has 2 unspecified atom stereocenters. The Morgan fingerprint density at radius 2 is 2.44 bits per heavy atom. The topological polar surface area (TPSA) is 63.4 Å². The first-order valence-electron chi connectivity index (χ1n) is 6.67. The van der Waals surface area contributed by atoms with Gasteiger partial charge in [-0.3, -0.25) is 4.90 Å². The maximum atomic E-state index is 5.87. The van der Waals surface area contributed by atoms with E-state index in [-0.39, 0.29) is 6.10 Å². The fourth-order valence-electron chi connectivity index (χ4n) is 2.77. The van der Waals surface area contributed by atoms with Crippen molar-refractivity contribution < 1.29 is 9.26 Å². The Hall–Kier alpha value is -0.980. The molecule has 0 amide bonds. The maximum Gasteiger partial charge on any atom is 0.223 e. The summed E-state index contributed by atoms with van der Waals surface area (Å²) in [6.07, 6.45) is 2.89. The van der Waals surface area contributed by atoms with Crippen molar-refractivity contribution in [1.29, 1.82) is 0 Å². The Bertz CT molecular complexity index is 395. The van der Waals surface area contributed by atoms with Crippen LogP contribution in [0.2, 0.25) is 0 Å². The lowest BCUT2D eigenvalue weighted by atomic mass is 10.2. The number of morpholine rings is 1. The van der Waals surface area contributed by atoms with Gasteiger partial charge in [0.15, 0.2) is 5.82 Å². The average Bonchev–Trinajstić information content (AvgIpc) is 2.97. The predicted molar refractivity (Wildman–Crippen MR) is 65.1 cm³/mol. The second kappa shape index (κ2) is 5.34. The summed E-state index contributed by atoms with van der Waals surface area (Å²) in [5, 5.41) is 7.18. The average molecular weight is 252 g/mol. The van der Waals surface area contributed by atoms with Crippen molar-refractivity contribution in [2.75, 3.05) is 26.2 Å². The monoisotopic (exact) mass is 252 g/mol. The normalized spacial score (nSPS) is 28.5. The summed E-state index contributed by atoms with van der Waals surface area (Å²) >= 11 is 0. The quantitative estimate of drug-likeness (QED) is 0.833. The van der Waals surface area contributed by atoms with Crippen LogP contribution in [-0.2, 0) is 11.3 Å². The molecular formula is C12H20N4O2. The van der Waals surface area contributed by atoms with Crippen molar-refractivity contribution in [3.63, 3.8) is 0 Å². The van der Waals surface area contributed by atoms with E-state index in [1.165, 1.54) is 19.4 Å². The van der Waals surface area contributed by atoms with Gasteiger partial charge >= 0.3 is 0 Å². The third kappa shape index (κ3) is 2.71. The van der Waals surface area contributed by atoms with E-state index in [4.69, 9.17) is 9.26 Å². The number of hydrogen-bond donors (Lipinski definition) is 1. The van der Waals surface area contributed by atoms with Crippen molar-refractivity contribution in [2.24, 2.45) is 0 Å². The van der Waals surface area contributed by atoms with Crippen molar-refractivity contribution in [2.45, 2.75) is 38.5 Å². The van der Waals surface area contributed by atoms with Gasteiger partial charge in [-0.25, -0.2) is 0 Å². The SMILES string of the molecule is Cc1nc(CNCC2CN3CCCC3CO2)no1. The number of fused-ring (bicyclic) bond motifs is 1. The highest BCUT2D eigenvalue weighted by atomic mass is 16.5. The molecule has 2 aliphatic rings. The van der Waals surface area contributed by atoms with E-state index in [1.807, 2.05) is 0 Å². The highest BCUT2D eigenvalue weighted by Gasteiger charge is 2.31. The minimum atomic E-state index is 0.285. The fourth-order valence-corrected chi connectivity index (χ4v) is 2.77. The first-order chi connectivity index (χ1) is 8.81.